The SMILES string of the molecule is NC(=O)c1ccn2ccc(C3CCCc4ccccc43)nc12. The van der Waals surface area contributed by atoms with Crippen LogP contribution in [0.4, 0.5) is 0 Å². The second-order valence-electron chi connectivity index (χ2n) is 5.82. The number of carbonyl (C=O) groups is 1. The number of aryl methyl sites for hydroxylation is 1. The van der Waals surface area contributed by atoms with E-state index < -0.39 is 5.91 Å². The molecule has 4 nitrogen and oxygen atoms in total. The van der Waals surface area contributed by atoms with Crippen molar-refractivity contribution in [3.8, 4) is 0 Å². The first-order valence-corrected chi connectivity index (χ1v) is 7.59. The van der Waals surface area contributed by atoms with E-state index in [1.165, 1.54) is 11.1 Å². The highest BCUT2D eigenvalue weighted by Crippen LogP contribution is 2.35. The minimum atomic E-state index is -0.434. The monoisotopic (exact) mass is 291 g/mol. The molecule has 1 aliphatic rings. The Kier molecular flexibility index (Phi) is 2.96. The molecule has 2 aromatic heterocycles. The van der Waals surface area contributed by atoms with Crippen LogP contribution in [-0.2, 0) is 6.42 Å². The van der Waals surface area contributed by atoms with Crippen LogP contribution in [0.15, 0.2) is 48.8 Å². The number of primary amides is 1. The second-order valence-corrected chi connectivity index (χ2v) is 5.82. The molecule has 22 heavy (non-hydrogen) atoms. The summed E-state index contributed by atoms with van der Waals surface area (Å²) in [6, 6.07) is 12.3. The number of hydrogen-bond donors (Lipinski definition) is 1. The Morgan fingerprint density at radius 2 is 2.00 bits per heavy atom. The van der Waals surface area contributed by atoms with Crippen molar-refractivity contribution in [2.24, 2.45) is 5.73 Å². The van der Waals surface area contributed by atoms with Crippen LogP contribution in [0, 0.1) is 0 Å². The van der Waals surface area contributed by atoms with E-state index >= 15 is 0 Å². The fraction of sp³-hybridized carbons (Fsp3) is 0.222. The number of nitrogens with two attached hydrogens (primary N) is 1. The van der Waals surface area contributed by atoms with E-state index in [2.05, 4.69) is 24.3 Å². The molecule has 4 rings (SSSR count). The Labute approximate surface area is 128 Å². The van der Waals surface area contributed by atoms with Crippen LogP contribution in [0.25, 0.3) is 5.65 Å². The van der Waals surface area contributed by atoms with E-state index in [-0.39, 0.29) is 0 Å². The Balaban J connectivity index is 1.85. The van der Waals surface area contributed by atoms with Crippen LogP contribution in [0.2, 0.25) is 0 Å². The molecule has 1 aliphatic carbocycles. The molecule has 0 aliphatic heterocycles. The Morgan fingerprint density at radius 1 is 1.18 bits per heavy atom. The number of fused-ring (bicyclic) bond motifs is 2. The van der Waals surface area contributed by atoms with Gasteiger partial charge in [-0.1, -0.05) is 24.3 Å². The maximum Gasteiger partial charge on any atom is 0.252 e. The summed E-state index contributed by atoms with van der Waals surface area (Å²) in [5.41, 5.74) is 10.3. The van der Waals surface area contributed by atoms with Gasteiger partial charge < -0.3 is 10.1 Å². The summed E-state index contributed by atoms with van der Waals surface area (Å²) in [6.45, 7) is 0. The lowest BCUT2D eigenvalue weighted by Crippen LogP contribution is -2.14. The number of aromatic nitrogens is 2. The molecule has 110 valence electrons. The summed E-state index contributed by atoms with van der Waals surface area (Å²) < 4.78 is 1.85. The lowest BCUT2D eigenvalue weighted by atomic mass is 9.81. The smallest absolute Gasteiger partial charge is 0.252 e. The maximum atomic E-state index is 11.5. The molecule has 1 aromatic carbocycles. The Bertz CT molecular complexity index is 866. The number of rotatable bonds is 2. The van der Waals surface area contributed by atoms with E-state index in [1.54, 1.807) is 6.07 Å². The predicted octanol–water partition coefficient (Wildman–Crippen LogP) is 2.90. The highest BCUT2D eigenvalue weighted by Gasteiger charge is 2.23. The predicted molar refractivity (Wildman–Crippen MR) is 84.9 cm³/mol. The average Bonchev–Trinajstić information content (AvgIpc) is 2.97. The van der Waals surface area contributed by atoms with Gasteiger partial charge >= 0.3 is 0 Å². The van der Waals surface area contributed by atoms with Crippen molar-refractivity contribution in [3.05, 3.63) is 71.2 Å². The molecule has 4 heteroatoms. The quantitative estimate of drug-likeness (QED) is 0.789. The topological polar surface area (TPSA) is 60.4 Å². The molecular formula is C18H17N3O. The molecule has 2 heterocycles. The minimum Gasteiger partial charge on any atom is -0.365 e. The molecule has 0 fully saturated rings. The van der Waals surface area contributed by atoms with Crippen molar-refractivity contribution in [1.82, 2.24) is 9.38 Å². The first-order chi connectivity index (χ1) is 10.7. The van der Waals surface area contributed by atoms with Crippen molar-refractivity contribution in [3.63, 3.8) is 0 Å². The van der Waals surface area contributed by atoms with E-state index in [0.29, 0.717) is 17.1 Å². The number of hydrogen-bond acceptors (Lipinski definition) is 2. The van der Waals surface area contributed by atoms with Gasteiger partial charge in [0.2, 0.25) is 0 Å². The fourth-order valence-corrected chi connectivity index (χ4v) is 3.44. The zero-order chi connectivity index (χ0) is 15.1. The molecule has 0 saturated carbocycles. The van der Waals surface area contributed by atoms with Gasteiger partial charge in [-0.2, -0.15) is 0 Å². The highest BCUT2D eigenvalue weighted by molar-refractivity contribution is 5.98. The molecule has 1 unspecified atom stereocenters. The van der Waals surface area contributed by atoms with E-state index in [9.17, 15) is 4.79 Å². The zero-order valence-corrected chi connectivity index (χ0v) is 12.2. The van der Waals surface area contributed by atoms with Crippen LogP contribution >= 0.6 is 0 Å². The largest absolute Gasteiger partial charge is 0.365 e. The average molecular weight is 291 g/mol. The van der Waals surface area contributed by atoms with Crippen LogP contribution in [-0.4, -0.2) is 15.3 Å². The molecule has 0 saturated heterocycles. The third-order valence-corrected chi connectivity index (χ3v) is 4.52. The first kappa shape index (κ1) is 13.1. The number of nitrogens with zero attached hydrogens (tertiary/aromatic N) is 2. The minimum absolute atomic E-state index is 0.297. The van der Waals surface area contributed by atoms with Gasteiger partial charge in [0.25, 0.3) is 5.91 Å². The van der Waals surface area contributed by atoms with Crippen molar-refractivity contribution < 1.29 is 4.79 Å². The van der Waals surface area contributed by atoms with Crippen LogP contribution in [0.1, 0.15) is 45.9 Å². The van der Waals surface area contributed by atoms with Gasteiger partial charge in [-0.05, 0) is 42.5 Å². The molecule has 2 N–H and O–H groups in total. The summed E-state index contributed by atoms with van der Waals surface area (Å²) in [5, 5.41) is 0. The molecule has 1 amide bonds. The lowest BCUT2D eigenvalue weighted by molar-refractivity contribution is 0.100. The lowest BCUT2D eigenvalue weighted by Gasteiger charge is -2.25. The molecule has 3 aromatic rings. The van der Waals surface area contributed by atoms with Gasteiger partial charge in [0.1, 0.15) is 5.65 Å². The molecule has 0 bridgehead atoms. The van der Waals surface area contributed by atoms with E-state index in [0.717, 1.165) is 25.0 Å². The second kappa shape index (κ2) is 4.98. The summed E-state index contributed by atoms with van der Waals surface area (Å²) >= 11 is 0. The summed E-state index contributed by atoms with van der Waals surface area (Å²) in [6.07, 6.45) is 7.17. The van der Waals surface area contributed by atoms with Gasteiger partial charge in [-0.15, -0.1) is 0 Å². The van der Waals surface area contributed by atoms with Gasteiger partial charge in [0, 0.05) is 18.3 Å². The van der Waals surface area contributed by atoms with Crippen molar-refractivity contribution in [2.45, 2.75) is 25.2 Å². The number of carbonyl (C=O) groups excluding carboxylic acids is 1. The third kappa shape index (κ3) is 1.99. The van der Waals surface area contributed by atoms with E-state index in [1.807, 2.05) is 22.9 Å². The van der Waals surface area contributed by atoms with E-state index in [4.69, 9.17) is 10.7 Å². The maximum absolute atomic E-state index is 11.5. The van der Waals surface area contributed by atoms with Gasteiger partial charge in [-0.3, -0.25) is 4.79 Å². The van der Waals surface area contributed by atoms with Crippen LogP contribution in [0.3, 0.4) is 0 Å². The number of amides is 1. The van der Waals surface area contributed by atoms with Crippen molar-refractivity contribution in [1.29, 1.82) is 0 Å². The molecular weight excluding hydrogens is 274 g/mol. The summed E-state index contributed by atoms with van der Waals surface area (Å²) in [7, 11) is 0. The highest BCUT2D eigenvalue weighted by atomic mass is 16.1. The van der Waals surface area contributed by atoms with Crippen LogP contribution < -0.4 is 5.73 Å². The fourth-order valence-electron chi connectivity index (χ4n) is 3.44. The molecule has 0 spiro atoms. The summed E-state index contributed by atoms with van der Waals surface area (Å²) in [4.78, 5) is 16.3. The normalized spacial score (nSPS) is 17.4. The standard InChI is InChI=1S/C18H17N3O/c19-17(22)15-8-10-21-11-9-16(20-18(15)21)14-7-3-5-12-4-1-2-6-13(12)14/h1-2,4,6,8-11,14H,3,5,7H2,(H2,19,22). The summed E-state index contributed by atoms with van der Waals surface area (Å²) in [5.74, 6) is -0.137. The Morgan fingerprint density at radius 3 is 2.86 bits per heavy atom. The molecule has 1 atom stereocenters. The third-order valence-electron chi connectivity index (χ3n) is 4.52. The Hall–Kier alpha value is -2.62. The van der Waals surface area contributed by atoms with Crippen molar-refractivity contribution in [2.75, 3.05) is 0 Å². The van der Waals surface area contributed by atoms with Gasteiger partial charge in [-0.25, -0.2) is 4.98 Å². The zero-order valence-electron chi connectivity index (χ0n) is 12.2. The van der Waals surface area contributed by atoms with Gasteiger partial charge in [0.05, 0.1) is 11.3 Å². The first-order valence-electron chi connectivity index (χ1n) is 7.59. The number of benzene rings is 1. The van der Waals surface area contributed by atoms with Gasteiger partial charge in [0.15, 0.2) is 0 Å². The molecule has 0 radical (unpaired) electrons. The van der Waals surface area contributed by atoms with Crippen LogP contribution in [0.5, 0.6) is 0 Å². The van der Waals surface area contributed by atoms with Crippen molar-refractivity contribution >= 4 is 11.6 Å².